The van der Waals surface area contributed by atoms with Crippen LogP contribution in [0, 0.1) is 11.5 Å². The number of nitriles is 1. The molecule has 1 aliphatic carbocycles. The normalized spacial score (nSPS) is 21.9. The topological polar surface area (TPSA) is 98.6 Å². The number of methoxy groups -OCH3 is 1. The molecule has 1 saturated heterocycles. The van der Waals surface area contributed by atoms with Crippen molar-refractivity contribution in [1.29, 1.82) is 5.26 Å². The molecule has 10 heteroatoms. The number of carbonyl (C=O) groups is 2. The smallest absolute Gasteiger partial charge is 0.251 e. The van der Waals surface area contributed by atoms with Crippen molar-refractivity contribution in [2.45, 2.75) is 88.4 Å². The Balaban J connectivity index is 1.76. The number of nitrogens with one attached hydrogen (secondary N) is 1. The lowest BCUT2D eigenvalue weighted by atomic mass is 9.87. The number of hydrogen-bond acceptors (Lipinski definition) is 6. The second-order valence-electron chi connectivity index (χ2n) is 11.7. The van der Waals surface area contributed by atoms with E-state index in [9.17, 15) is 23.6 Å². The molecule has 2 heterocycles. The van der Waals surface area contributed by atoms with Crippen LogP contribution in [-0.4, -0.2) is 59.5 Å². The molecule has 1 aliphatic heterocycles. The van der Waals surface area contributed by atoms with E-state index in [0.29, 0.717) is 17.7 Å². The summed E-state index contributed by atoms with van der Waals surface area (Å²) in [6.07, 6.45) is 4.86. The van der Waals surface area contributed by atoms with Gasteiger partial charge in [0.05, 0.1) is 12.6 Å². The molecule has 2 aromatic rings. The van der Waals surface area contributed by atoms with Gasteiger partial charge in [-0.1, -0.05) is 39.0 Å². The molecule has 2 fully saturated rings. The van der Waals surface area contributed by atoms with E-state index in [2.05, 4.69) is 37.3 Å². The Kier molecular flexibility index (Phi) is 8.74. The minimum absolute atomic E-state index is 0.134. The number of likely N-dealkylation sites (tertiary alicyclic amines) is 1. The van der Waals surface area contributed by atoms with Crippen LogP contribution < -0.4 is 10.2 Å². The average Bonchev–Trinajstić information content (AvgIpc) is 3.36. The molecule has 4 rings (SSSR count). The van der Waals surface area contributed by atoms with Crippen molar-refractivity contribution in [3.8, 4) is 6.19 Å². The number of rotatable bonds is 7. The summed E-state index contributed by atoms with van der Waals surface area (Å²) in [6.45, 7) is 6.51. The van der Waals surface area contributed by atoms with E-state index in [0.717, 1.165) is 5.56 Å². The Labute approximate surface area is 234 Å². The van der Waals surface area contributed by atoms with Crippen molar-refractivity contribution in [3.05, 3.63) is 59.9 Å². The summed E-state index contributed by atoms with van der Waals surface area (Å²) in [5.74, 6) is -3.65. The number of carbonyl (C=O) groups excluding carboxylic acids is 2. The summed E-state index contributed by atoms with van der Waals surface area (Å²) < 4.78 is 33.1. The van der Waals surface area contributed by atoms with Crippen molar-refractivity contribution in [1.82, 2.24) is 15.2 Å². The molecule has 3 atom stereocenters. The number of ether oxygens (including phenoxy) is 1. The van der Waals surface area contributed by atoms with Crippen LogP contribution in [0.3, 0.4) is 0 Å². The number of nitrogens with zero attached hydrogens (tertiary/aromatic N) is 4. The van der Waals surface area contributed by atoms with Crippen LogP contribution in [0.1, 0.15) is 70.0 Å². The van der Waals surface area contributed by atoms with Crippen molar-refractivity contribution >= 4 is 17.5 Å². The maximum absolute atomic E-state index is 14.3. The molecule has 1 saturated carbocycles. The molecule has 1 aromatic carbocycles. The van der Waals surface area contributed by atoms with Gasteiger partial charge in [0.25, 0.3) is 5.91 Å². The third-order valence-corrected chi connectivity index (χ3v) is 7.83. The highest BCUT2D eigenvalue weighted by Crippen LogP contribution is 2.36. The Hall–Kier alpha value is -3.58. The first-order valence-corrected chi connectivity index (χ1v) is 13.6. The number of pyridine rings is 1. The zero-order chi connectivity index (χ0) is 29.1. The first kappa shape index (κ1) is 29.4. The monoisotopic (exact) mass is 553 g/mol. The van der Waals surface area contributed by atoms with E-state index in [1.54, 1.807) is 30.5 Å². The highest BCUT2D eigenvalue weighted by Gasteiger charge is 2.44. The number of anilines is 1. The van der Waals surface area contributed by atoms with Crippen molar-refractivity contribution in [3.63, 3.8) is 0 Å². The second-order valence-corrected chi connectivity index (χ2v) is 11.7. The van der Waals surface area contributed by atoms with Crippen molar-refractivity contribution in [2.24, 2.45) is 0 Å². The van der Waals surface area contributed by atoms with Crippen molar-refractivity contribution < 1.29 is 23.1 Å². The molecular formula is C30H37F2N5O3. The third-order valence-electron chi connectivity index (χ3n) is 7.83. The van der Waals surface area contributed by atoms with Gasteiger partial charge in [-0.05, 0) is 42.0 Å². The molecule has 40 heavy (non-hydrogen) atoms. The average molecular weight is 554 g/mol. The Morgan fingerprint density at radius 2 is 1.88 bits per heavy atom. The number of hydrogen-bond donors (Lipinski definition) is 1. The van der Waals surface area contributed by atoms with Gasteiger partial charge in [0, 0.05) is 56.1 Å². The Morgan fingerprint density at radius 3 is 2.42 bits per heavy atom. The fourth-order valence-electron chi connectivity index (χ4n) is 5.42. The summed E-state index contributed by atoms with van der Waals surface area (Å²) in [5, 5.41) is 12.7. The predicted octanol–water partition coefficient (Wildman–Crippen LogP) is 4.72. The van der Waals surface area contributed by atoms with E-state index in [1.165, 1.54) is 23.1 Å². The summed E-state index contributed by atoms with van der Waals surface area (Å²) in [5.41, 5.74) is 1.87. The SMILES string of the molecule is COC1CC(C(=O)N(c2ccc(C(C)(C)C)cc2)C(C(=O)NC2CCC(F)(F)CC2)c2cccnc2)N(C#N)C1. The largest absolute Gasteiger partial charge is 0.379 e. The summed E-state index contributed by atoms with van der Waals surface area (Å²) in [4.78, 5) is 35.3. The maximum Gasteiger partial charge on any atom is 0.251 e. The van der Waals surface area contributed by atoms with Gasteiger partial charge in [-0.3, -0.25) is 24.4 Å². The van der Waals surface area contributed by atoms with Crippen LogP contribution in [-0.2, 0) is 19.7 Å². The highest BCUT2D eigenvalue weighted by atomic mass is 19.3. The molecule has 1 aromatic heterocycles. The van der Waals surface area contributed by atoms with Crippen LogP contribution in [0.4, 0.5) is 14.5 Å². The highest BCUT2D eigenvalue weighted by molar-refractivity contribution is 6.04. The minimum Gasteiger partial charge on any atom is -0.379 e. The molecule has 0 spiro atoms. The van der Waals surface area contributed by atoms with Gasteiger partial charge in [0.15, 0.2) is 6.19 Å². The van der Waals surface area contributed by atoms with Crippen LogP contribution >= 0.6 is 0 Å². The van der Waals surface area contributed by atoms with Crippen LogP contribution in [0.15, 0.2) is 48.8 Å². The molecule has 2 amide bonds. The van der Waals surface area contributed by atoms with E-state index in [1.807, 2.05) is 12.1 Å². The predicted molar refractivity (Wildman–Crippen MR) is 146 cm³/mol. The van der Waals surface area contributed by atoms with E-state index >= 15 is 0 Å². The van der Waals surface area contributed by atoms with Gasteiger partial charge >= 0.3 is 0 Å². The Morgan fingerprint density at radius 1 is 1.20 bits per heavy atom. The molecule has 2 aliphatic rings. The fourth-order valence-corrected chi connectivity index (χ4v) is 5.42. The third kappa shape index (κ3) is 6.58. The quantitative estimate of drug-likeness (QED) is 0.499. The maximum atomic E-state index is 14.3. The Bertz CT molecular complexity index is 1220. The van der Waals surface area contributed by atoms with Gasteiger partial charge in [-0.2, -0.15) is 5.26 Å². The summed E-state index contributed by atoms with van der Waals surface area (Å²) in [7, 11) is 1.54. The number of amides is 2. The van der Waals surface area contributed by atoms with E-state index < -0.39 is 35.9 Å². The molecule has 3 unspecified atom stereocenters. The van der Waals surface area contributed by atoms with Crippen LogP contribution in [0.5, 0.6) is 0 Å². The van der Waals surface area contributed by atoms with E-state index in [4.69, 9.17) is 4.74 Å². The first-order chi connectivity index (χ1) is 18.9. The number of benzene rings is 1. The van der Waals surface area contributed by atoms with Gasteiger partial charge < -0.3 is 10.1 Å². The van der Waals surface area contributed by atoms with Gasteiger partial charge in [0.2, 0.25) is 11.8 Å². The van der Waals surface area contributed by atoms with E-state index in [-0.39, 0.29) is 43.7 Å². The summed E-state index contributed by atoms with van der Waals surface area (Å²) >= 11 is 0. The molecule has 8 nitrogen and oxygen atoms in total. The van der Waals surface area contributed by atoms with Gasteiger partial charge in [0.1, 0.15) is 12.1 Å². The number of halogens is 2. The molecule has 1 N–H and O–H groups in total. The van der Waals surface area contributed by atoms with Crippen molar-refractivity contribution in [2.75, 3.05) is 18.6 Å². The zero-order valence-electron chi connectivity index (χ0n) is 23.4. The summed E-state index contributed by atoms with van der Waals surface area (Å²) in [6, 6.07) is 8.43. The second kappa shape index (κ2) is 11.9. The molecular weight excluding hydrogens is 516 g/mol. The molecule has 0 bridgehead atoms. The lowest BCUT2D eigenvalue weighted by Crippen LogP contribution is -2.52. The lowest BCUT2D eigenvalue weighted by molar-refractivity contribution is -0.129. The standard InChI is InChI=1S/C30H37F2N5O3/c1-29(2,3)21-7-9-23(10-8-21)37(28(39)25-16-24(40-4)18-36(25)19-33)26(20-6-5-15-34-17-20)27(38)35-22-11-13-30(31,32)14-12-22/h5-10,15,17,22,24-26H,11-14,16,18H2,1-4H3,(H,35,38). The molecule has 0 radical (unpaired) electrons. The van der Waals surface area contributed by atoms with Gasteiger partial charge in [-0.25, -0.2) is 8.78 Å². The first-order valence-electron chi connectivity index (χ1n) is 13.6. The van der Waals surface area contributed by atoms with Crippen LogP contribution in [0.2, 0.25) is 0 Å². The number of alkyl halides is 2. The van der Waals surface area contributed by atoms with Crippen LogP contribution in [0.25, 0.3) is 0 Å². The lowest BCUT2D eigenvalue weighted by Gasteiger charge is -2.36. The molecule has 214 valence electrons. The minimum atomic E-state index is -2.73. The van der Waals surface area contributed by atoms with Gasteiger partial charge in [-0.15, -0.1) is 0 Å². The number of aromatic nitrogens is 1. The zero-order valence-corrected chi connectivity index (χ0v) is 23.4. The fraction of sp³-hybridized carbons (Fsp3) is 0.533.